The van der Waals surface area contributed by atoms with Crippen LogP contribution in [0.3, 0.4) is 0 Å². The number of hydrogen-bond donors (Lipinski definition) is 1. The molecule has 0 aromatic heterocycles. The highest BCUT2D eigenvalue weighted by molar-refractivity contribution is 5.77. The third kappa shape index (κ3) is 3.70. The van der Waals surface area contributed by atoms with Gasteiger partial charge >= 0.3 is 0 Å². The minimum atomic E-state index is -0.681. The first kappa shape index (κ1) is 12.9. The zero-order chi connectivity index (χ0) is 12.1. The van der Waals surface area contributed by atoms with E-state index in [1.165, 1.54) is 19.3 Å². The van der Waals surface area contributed by atoms with Crippen molar-refractivity contribution in [1.29, 1.82) is 0 Å². The fourth-order valence-electron chi connectivity index (χ4n) is 3.10. The first-order valence-electron chi connectivity index (χ1n) is 7.20. The molecule has 0 bridgehead atoms. The zero-order valence-corrected chi connectivity index (χ0v) is 10.8. The molecular weight excluding hydrogens is 214 g/mol. The van der Waals surface area contributed by atoms with Crippen LogP contribution in [0.5, 0.6) is 0 Å². The molecule has 1 saturated heterocycles. The maximum atomic E-state index is 12.2. The summed E-state index contributed by atoms with van der Waals surface area (Å²) in [7, 11) is 0. The molecule has 0 aromatic carbocycles. The SMILES string of the molecule is O=C(CC1(O)CCCC1)N1CCCCCCC1. The van der Waals surface area contributed by atoms with Crippen LogP contribution in [0, 0.1) is 0 Å². The van der Waals surface area contributed by atoms with Gasteiger partial charge in [0.2, 0.25) is 5.91 Å². The molecule has 3 nitrogen and oxygen atoms in total. The largest absolute Gasteiger partial charge is 0.389 e. The summed E-state index contributed by atoms with van der Waals surface area (Å²) < 4.78 is 0. The molecule has 98 valence electrons. The molecule has 0 radical (unpaired) electrons. The molecule has 0 atom stereocenters. The Morgan fingerprint density at radius 1 is 0.941 bits per heavy atom. The van der Waals surface area contributed by atoms with Crippen LogP contribution in [0.4, 0.5) is 0 Å². The van der Waals surface area contributed by atoms with Gasteiger partial charge < -0.3 is 10.0 Å². The van der Waals surface area contributed by atoms with Crippen molar-refractivity contribution in [2.24, 2.45) is 0 Å². The third-order valence-corrected chi connectivity index (χ3v) is 4.22. The van der Waals surface area contributed by atoms with Gasteiger partial charge in [0, 0.05) is 13.1 Å². The fourth-order valence-corrected chi connectivity index (χ4v) is 3.10. The quantitative estimate of drug-likeness (QED) is 0.804. The lowest BCUT2D eigenvalue weighted by Crippen LogP contribution is -2.39. The van der Waals surface area contributed by atoms with E-state index in [-0.39, 0.29) is 5.91 Å². The molecule has 2 fully saturated rings. The highest BCUT2D eigenvalue weighted by Crippen LogP contribution is 2.32. The van der Waals surface area contributed by atoms with Gasteiger partial charge in [0.1, 0.15) is 0 Å². The van der Waals surface area contributed by atoms with Crippen LogP contribution in [-0.2, 0) is 4.79 Å². The van der Waals surface area contributed by atoms with E-state index in [4.69, 9.17) is 0 Å². The van der Waals surface area contributed by atoms with Gasteiger partial charge in [-0.1, -0.05) is 32.1 Å². The molecule has 3 heteroatoms. The standard InChI is InChI=1S/C14H25NO2/c16-13(12-14(17)8-4-5-9-14)15-10-6-2-1-3-7-11-15/h17H,1-12H2. The van der Waals surface area contributed by atoms with E-state index >= 15 is 0 Å². The normalized spacial score (nSPS) is 25.4. The molecule has 1 heterocycles. The van der Waals surface area contributed by atoms with Crippen molar-refractivity contribution in [3.8, 4) is 0 Å². The molecule has 1 saturated carbocycles. The monoisotopic (exact) mass is 239 g/mol. The lowest BCUT2D eigenvalue weighted by molar-refractivity contribution is -0.136. The van der Waals surface area contributed by atoms with Crippen molar-refractivity contribution in [2.75, 3.05) is 13.1 Å². The number of amides is 1. The van der Waals surface area contributed by atoms with Crippen molar-refractivity contribution in [3.05, 3.63) is 0 Å². The molecule has 2 rings (SSSR count). The Hall–Kier alpha value is -0.570. The Balaban J connectivity index is 1.84. The second-order valence-electron chi connectivity index (χ2n) is 5.76. The fraction of sp³-hybridized carbons (Fsp3) is 0.929. The smallest absolute Gasteiger partial charge is 0.225 e. The summed E-state index contributed by atoms with van der Waals surface area (Å²) in [6, 6.07) is 0. The van der Waals surface area contributed by atoms with E-state index in [1.807, 2.05) is 4.90 Å². The molecule has 1 amide bonds. The first-order valence-corrected chi connectivity index (χ1v) is 7.20. The van der Waals surface area contributed by atoms with Crippen LogP contribution in [0.2, 0.25) is 0 Å². The van der Waals surface area contributed by atoms with Gasteiger partial charge in [0.15, 0.2) is 0 Å². The summed E-state index contributed by atoms with van der Waals surface area (Å²) in [5.74, 6) is 0.177. The van der Waals surface area contributed by atoms with Crippen LogP contribution in [-0.4, -0.2) is 34.6 Å². The van der Waals surface area contributed by atoms with Gasteiger partial charge in [-0.25, -0.2) is 0 Å². The van der Waals surface area contributed by atoms with Crippen molar-refractivity contribution >= 4 is 5.91 Å². The number of carbonyl (C=O) groups excluding carboxylic acids is 1. The number of likely N-dealkylation sites (tertiary alicyclic amines) is 1. The van der Waals surface area contributed by atoms with Crippen LogP contribution in [0.15, 0.2) is 0 Å². The average molecular weight is 239 g/mol. The molecule has 17 heavy (non-hydrogen) atoms. The maximum absolute atomic E-state index is 12.2. The Labute approximate surface area is 104 Å². The summed E-state index contributed by atoms with van der Waals surface area (Å²) >= 11 is 0. The van der Waals surface area contributed by atoms with Crippen molar-refractivity contribution in [2.45, 2.75) is 69.8 Å². The van der Waals surface area contributed by atoms with Crippen LogP contribution < -0.4 is 0 Å². The minimum Gasteiger partial charge on any atom is -0.389 e. The van der Waals surface area contributed by atoms with E-state index in [2.05, 4.69) is 0 Å². The minimum absolute atomic E-state index is 0.177. The highest BCUT2D eigenvalue weighted by atomic mass is 16.3. The van der Waals surface area contributed by atoms with Crippen LogP contribution >= 0.6 is 0 Å². The maximum Gasteiger partial charge on any atom is 0.225 e. The highest BCUT2D eigenvalue weighted by Gasteiger charge is 2.34. The van der Waals surface area contributed by atoms with E-state index < -0.39 is 5.60 Å². The zero-order valence-electron chi connectivity index (χ0n) is 10.8. The topological polar surface area (TPSA) is 40.5 Å². The number of carbonyl (C=O) groups is 1. The summed E-state index contributed by atoms with van der Waals surface area (Å²) in [5.41, 5.74) is -0.681. The van der Waals surface area contributed by atoms with Gasteiger partial charge in [-0.15, -0.1) is 0 Å². The lowest BCUT2D eigenvalue weighted by atomic mass is 9.97. The lowest BCUT2D eigenvalue weighted by Gasteiger charge is -2.29. The van der Waals surface area contributed by atoms with Gasteiger partial charge in [-0.3, -0.25) is 4.79 Å². The second kappa shape index (κ2) is 5.85. The predicted octanol–water partition coefficient (Wildman–Crippen LogP) is 2.47. The second-order valence-corrected chi connectivity index (χ2v) is 5.76. The summed E-state index contributed by atoms with van der Waals surface area (Å²) in [6.07, 6.45) is 10.2. The Morgan fingerprint density at radius 3 is 2.06 bits per heavy atom. The van der Waals surface area contributed by atoms with Crippen LogP contribution in [0.25, 0.3) is 0 Å². The Kier molecular flexibility index (Phi) is 4.43. The predicted molar refractivity (Wildman–Crippen MR) is 67.7 cm³/mol. The molecule has 2 aliphatic rings. The van der Waals surface area contributed by atoms with E-state index in [0.29, 0.717) is 6.42 Å². The molecular formula is C14H25NO2. The van der Waals surface area contributed by atoms with E-state index in [1.54, 1.807) is 0 Å². The molecule has 0 spiro atoms. The number of hydrogen-bond acceptors (Lipinski definition) is 2. The van der Waals surface area contributed by atoms with Gasteiger partial charge in [0.05, 0.1) is 12.0 Å². The summed E-state index contributed by atoms with van der Waals surface area (Å²) in [6.45, 7) is 1.80. The Morgan fingerprint density at radius 2 is 1.47 bits per heavy atom. The van der Waals surface area contributed by atoms with Gasteiger partial charge in [-0.2, -0.15) is 0 Å². The molecule has 1 aliphatic carbocycles. The summed E-state index contributed by atoms with van der Waals surface area (Å²) in [5, 5.41) is 10.3. The average Bonchev–Trinajstić information content (AvgIpc) is 2.63. The van der Waals surface area contributed by atoms with Gasteiger partial charge in [-0.05, 0) is 25.7 Å². The van der Waals surface area contributed by atoms with E-state index in [0.717, 1.165) is 51.6 Å². The number of aliphatic hydroxyl groups is 1. The van der Waals surface area contributed by atoms with Crippen LogP contribution in [0.1, 0.15) is 64.2 Å². The molecule has 1 N–H and O–H groups in total. The van der Waals surface area contributed by atoms with Crippen molar-refractivity contribution in [1.82, 2.24) is 4.90 Å². The summed E-state index contributed by atoms with van der Waals surface area (Å²) in [4.78, 5) is 14.2. The first-order chi connectivity index (χ1) is 8.20. The Bertz CT molecular complexity index is 251. The molecule has 0 aromatic rings. The third-order valence-electron chi connectivity index (χ3n) is 4.22. The van der Waals surface area contributed by atoms with E-state index in [9.17, 15) is 9.90 Å². The number of rotatable bonds is 2. The van der Waals surface area contributed by atoms with Crippen molar-refractivity contribution < 1.29 is 9.90 Å². The molecule has 0 unspecified atom stereocenters. The molecule has 1 aliphatic heterocycles. The van der Waals surface area contributed by atoms with Crippen molar-refractivity contribution in [3.63, 3.8) is 0 Å². The number of nitrogens with zero attached hydrogens (tertiary/aromatic N) is 1. The van der Waals surface area contributed by atoms with Gasteiger partial charge in [0.25, 0.3) is 0 Å².